The molecule has 142 valence electrons. The lowest BCUT2D eigenvalue weighted by Crippen LogP contribution is -2.54. The third-order valence-electron chi connectivity index (χ3n) is 4.21. The average molecular weight is 438 g/mol. The summed E-state index contributed by atoms with van der Waals surface area (Å²) in [4.78, 5) is 61.4. The Morgan fingerprint density at radius 3 is 2.74 bits per heavy atom. The molecule has 2 heterocycles. The Kier molecular flexibility index (Phi) is 5.54. The van der Waals surface area contributed by atoms with Crippen molar-refractivity contribution in [1.29, 1.82) is 0 Å². The highest BCUT2D eigenvalue weighted by molar-refractivity contribution is 9.09. The van der Waals surface area contributed by atoms with Gasteiger partial charge in [0.05, 0.1) is 11.1 Å². The molecular weight excluding hydrogens is 422 g/mol. The largest absolute Gasteiger partial charge is 0.483 e. The van der Waals surface area contributed by atoms with Crippen LogP contribution in [0.1, 0.15) is 33.6 Å². The fraction of sp³-hybridized carbons (Fsp3) is 0.353. The fourth-order valence-electron chi connectivity index (χ4n) is 2.99. The van der Waals surface area contributed by atoms with Gasteiger partial charge in [0.2, 0.25) is 11.8 Å². The molecule has 0 aromatic heterocycles. The van der Waals surface area contributed by atoms with Gasteiger partial charge in [-0.1, -0.05) is 22.0 Å². The van der Waals surface area contributed by atoms with Crippen LogP contribution < -0.4 is 15.4 Å². The van der Waals surface area contributed by atoms with Crippen LogP contribution in [0.2, 0.25) is 0 Å². The number of rotatable bonds is 6. The molecule has 5 amide bonds. The standard InChI is InChI=1S/C17H16BrN3O6/c18-6-7-19-13(23)8-27-11-3-1-2-9-14(11)17(26)21(16(9)25)10-4-5-12(22)20-15(10)24/h1-3,10H,4-8H2,(H,19,23)(H,20,22,24). The van der Waals surface area contributed by atoms with E-state index in [-0.39, 0.29) is 42.2 Å². The van der Waals surface area contributed by atoms with Gasteiger partial charge in [0.1, 0.15) is 11.8 Å². The first-order chi connectivity index (χ1) is 12.9. The Morgan fingerprint density at radius 2 is 2.04 bits per heavy atom. The summed E-state index contributed by atoms with van der Waals surface area (Å²) < 4.78 is 5.42. The third kappa shape index (κ3) is 3.70. The number of carbonyl (C=O) groups excluding carboxylic acids is 5. The van der Waals surface area contributed by atoms with E-state index in [4.69, 9.17) is 4.74 Å². The van der Waals surface area contributed by atoms with Gasteiger partial charge >= 0.3 is 0 Å². The van der Waals surface area contributed by atoms with Crippen molar-refractivity contribution in [3.05, 3.63) is 29.3 Å². The highest BCUT2D eigenvalue weighted by atomic mass is 79.9. The molecule has 27 heavy (non-hydrogen) atoms. The molecule has 1 atom stereocenters. The molecule has 0 radical (unpaired) electrons. The summed E-state index contributed by atoms with van der Waals surface area (Å²) in [5.41, 5.74) is 0.114. The lowest BCUT2D eigenvalue weighted by molar-refractivity contribution is -0.136. The van der Waals surface area contributed by atoms with Crippen LogP contribution in [-0.4, -0.2) is 59.0 Å². The van der Waals surface area contributed by atoms with Gasteiger partial charge in [-0.15, -0.1) is 0 Å². The van der Waals surface area contributed by atoms with Gasteiger partial charge in [0, 0.05) is 18.3 Å². The number of piperidine rings is 1. The monoisotopic (exact) mass is 437 g/mol. The van der Waals surface area contributed by atoms with Crippen LogP contribution in [0.4, 0.5) is 0 Å². The Balaban J connectivity index is 1.81. The Labute approximate surface area is 162 Å². The molecule has 2 aliphatic rings. The highest BCUT2D eigenvalue weighted by Crippen LogP contribution is 2.33. The van der Waals surface area contributed by atoms with Crippen molar-refractivity contribution in [2.45, 2.75) is 18.9 Å². The first-order valence-corrected chi connectivity index (χ1v) is 9.36. The van der Waals surface area contributed by atoms with Crippen LogP contribution in [0, 0.1) is 0 Å². The van der Waals surface area contributed by atoms with Gasteiger partial charge in [0.25, 0.3) is 17.7 Å². The summed E-state index contributed by atoms with van der Waals surface area (Å²) >= 11 is 3.18. The van der Waals surface area contributed by atoms with Crippen LogP contribution in [0.15, 0.2) is 18.2 Å². The maximum absolute atomic E-state index is 12.8. The number of hydrogen-bond acceptors (Lipinski definition) is 6. The molecule has 1 fully saturated rings. The first-order valence-electron chi connectivity index (χ1n) is 8.24. The maximum Gasteiger partial charge on any atom is 0.266 e. The summed E-state index contributed by atoms with van der Waals surface area (Å²) in [6.45, 7) is 0.110. The number of amides is 5. The number of alkyl halides is 1. The molecule has 0 aliphatic carbocycles. The Morgan fingerprint density at radius 1 is 1.26 bits per heavy atom. The van der Waals surface area contributed by atoms with Crippen molar-refractivity contribution < 1.29 is 28.7 Å². The van der Waals surface area contributed by atoms with Gasteiger partial charge in [0.15, 0.2) is 6.61 Å². The van der Waals surface area contributed by atoms with Crippen molar-refractivity contribution >= 4 is 45.5 Å². The van der Waals surface area contributed by atoms with Crippen LogP contribution in [0.25, 0.3) is 0 Å². The van der Waals surface area contributed by atoms with Crippen molar-refractivity contribution in [2.24, 2.45) is 0 Å². The second-order valence-electron chi connectivity index (χ2n) is 5.95. The summed E-state index contributed by atoms with van der Waals surface area (Å²) in [5, 5.41) is 5.33. The highest BCUT2D eigenvalue weighted by Gasteiger charge is 2.46. The summed E-state index contributed by atoms with van der Waals surface area (Å²) in [6, 6.07) is 3.42. The minimum absolute atomic E-state index is 0.0143. The van der Waals surface area contributed by atoms with Crippen LogP contribution in [-0.2, 0) is 14.4 Å². The molecule has 2 N–H and O–H groups in total. The predicted molar refractivity (Wildman–Crippen MR) is 95.4 cm³/mol. The number of benzene rings is 1. The van der Waals surface area contributed by atoms with Crippen LogP contribution in [0.3, 0.4) is 0 Å². The van der Waals surface area contributed by atoms with Crippen molar-refractivity contribution in [2.75, 3.05) is 18.5 Å². The topological polar surface area (TPSA) is 122 Å². The van der Waals surface area contributed by atoms with Crippen molar-refractivity contribution in [3.8, 4) is 5.75 Å². The van der Waals surface area contributed by atoms with Gasteiger partial charge in [-0.2, -0.15) is 0 Å². The number of ether oxygens (including phenoxy) is 1. The second-order valence-corrected chi connectivity index (χ2v) is 6.75. The van der Waals surface area contributed by atoms with E-state index in [2.05, 4.69) is 26.6 Å². The van der Waals surface area contributed by atoms with E-state index in [1.54, 1.807) is 0 Å². The normalized spacial score (nSPS) is 19.0. The lowest BCUT2D eigenvalue weighted by Gasteiger charge is -2.27. The number of hydrogen-bond donors (Lipinski definition) is 2. The van der Waals surface area contributed by atoms with E-state index in [9.17, 15) is 24.0 Å². The number of halogens is 1. The minimum atomic E-state index is -1.05. The number of nitrogens with one attached hydrogen (secondary N) is 2. The average Bonchev–Trinajstić information content (AvgIpc) is 2.90. The zero-order valence-electron chi connectivity index (χ0n) is 14.1. The SMILES string of the molecule is O=C(COc1cccc2c1C(=O)N(C1CCC(=O)NC1=O)C2=O)NCCBr. The number of fused-ring (bicyclic) bond motifs is 1. The van der Waals surface area contributed by atoms with Crippen LogP contribution >= 0.6 is 15.9 Å². The van der Waals surface area contributed by atoms with Gasteiger partial charge in [-0.05, 0) is 18.6 Å². The van der Waals surface area contributed by atoms with E-state index in [1.807, 2.05) is 0 Å². The molecule has 1 aromatic rings. The molecule has 9 nitrogen and oxygen atoms in total. The van der Waals surface area contributed by atoms with Gasteiger partial charge in [-0.3, -0.25) is 34.2 Å². The second kappa shape index (κ2) is 7.87. The van der Waals surface area contributed by atoms with Gasteiger partial charge in [-0.25, -0.2) is 0 Å². The molecule has 10 heteroatoms. The molecule has 1 aromatic carbocycles. The number of nitrogens with zero attached hydrogens (tertiary/aromatic N) is 1. The van der Waals surface area contributed by atoms with Gasteiger partial charge < -0.3 is 10.1 Å². The number of carbonyl (C=O) groups is 5. The molecule has 0 bridgehead atoms. The summed E-state index contributed by atoms with van der Waals surface area (Å²) in [6.07, 6.45) is 0.113. The van der Waals surface area contributed by atoms with Crippen LogP contribution in [0.5, 0.6) is 5.75 Å². The molecule has 1 unspecified atom stereocenters. The fourth-order valence-corrected chi connectivity index (χ4v) is 3.18. The molecular formula is C17H16BrN3O6. The first kappa shape index (κ1) is 19.0. The van der Waals surface area contributed by atoms with E-state index in [0.717, 1.165) is 4.90 Å². The number of imide groups is 2. The summed E-state index contributed by atoms with van der Waals surface area (Å²) in [7, 11) is 0. The molecule has 0 saturated carbocycles. The minimum Gasteiger partial charge on any atom is -0.483 e. The van der Waals surface area contributed by atoms with E-state index in [0.29, 0.717) is 11.9 Å². The Bertz CT molecular complexity index is 840. The lowest BCUT2D eigenvalue weighted by atomic mass is 10.0. The van der Waals surface area contributed by atoms with E-state index < -0.39 is 29.7 Å². The predicted octanol–water partition coefficient (Wildman–Crippen LogP) is -0.0223. The molecule has 0 spiro atoms. The van der Waals surface area contributed by atoms with Crippen molar-refractivity contribution in [3.63, 3.8) is 0 Å². The quantitative estimate of drug-likeness (QED) is 0.476. The molecule has 3 rings (SSSR count). The zero-order valence-corrected chi connectivity index (χ0v) is 15.7. The third-order valence-corrected chi connectivity index (χ3v) is 4.60. The summed E-state index contributed by atoms with van der Waals surface area (Å²) in [5.74, 6) is -2.70. The maximum atomic E-state index is 12.8. The van der Waals surface area contributed by atoms with E-state index in [1.165, 1.54) is 18.2 Å². The molecule has 2 aliphatic heterocycles. The smallest absolute Gasteiger partial charge is 0.266 e. The zero-order chi connectivity index (χ0) is 19.6. The Hall–Kier alpha value is -2.75. The van der Waals surface area contributed by atoms with E-state index >= 15 is 0 Å². The van der Waals surface area contributed by atoms with Crippen molar-refractivity contribution in [1.82, 2.24) is 15.5 Å². The molecule has 1 saturated heterocycles.